The Bertz CT molecular complexity index is 1290. The fraction of sp³-hybridized carbons (Fsp3) is 0.136. The van der Waals surface area contributed by atoms with Gasteiger partial charge in [0, 0.05) is 52.4 Å². The first-order valence-corrected chi connectivity index (χ1v) is 9.49. The molecule has 1 aliphatic carbocycles. The van der Waals surface area contributed by atoms with E-state index in [0.29, 0.717) is 39.2 Å². The Morgan fingerprint density at radius 2 is 1.79 bits per heavy atom. The molecule has 0 radical (unpaired) electrons. The van der Waals surface area contributed by atoms with Crippen molar-refractivity contribution in [2.45, 2.75) is 19.5 Å². The van der Waals surface area contributed by atoms with Crippen molar-refractivity contribution >= 4 is 28.2 Å². The molecule has 5 rings (SSSR count). The van der Waals surface area contributed by atoms with Gasteiger partial charge in [-0.3, -0.25) is 9.59 Å². The molecule has 0 fully saturated rings. The predicted molar refractivity (Wildman–Crippen MR) is 109 cm³/mol. The summed E-state index contributed by atoms with van der Waals surface area (Å²) in [6.07, 6.45) is 6.13. The van der Waals surface area contributed by atoms with Gasteiger partial charge in [0.2, 0.25) is 0 Å². The first-order chi connectivity index (χ1) is 13.6. The van der Waals surface area contributed by atoms with Crippen molar-refractivity contribution in [3.05, 3.63) is 87.7 Å². The molecule has 0 amide bonds. The molecule has 1 aliphatic rings. The molecule has 138 valence electrons. The third-order valence-electron chi connectivity index (χ3n) is 5.24. The molecule has 6 heteroatoms. The second-order valence-electron chi connectivity index (χ2n) is 6.90. The molecular formula is C22H16ClN3O2. The van der Waals surface area contributed by atoms with E-state index in [4.69, 9.17) is 11.6 Å². The number of ketones is 1. The number of nitrogens with zero attached hydrogens (tertiary/aromatic N) is 3. The van der Waals surface area contributed by atoms with Crippen molar-refractivity contribution in [3.8, 4) is 11.3 Å². The predicted octanol–water partition coefficient (Wildman–Crippen LogP) is 4.15. The fourth-order valence-electron chi connectivity index (χ4n) is 4.00. The topological polar surface area (TPSA) is 56.9 Å². The van der Waals surface area contributed by atoms with Gasteiger partial charge in [-0.15, -0.1) is 0 Å². The van der Waals surface area contributed by atoms with E-state index in [0.717, 1.165) is 18.5 Å². The maximum atomic E-state index is 13.3. The van der Waals surface area contributed by atoms with Crippen molar-refractivity contribution in [2.75, 3.05) is 0 Å². The van der Waals surface area contributed by atoms with Crippen molar-refractivity contribution in [2.24, 2.45) is 0 Å². The Kier molecular flexibility index (Phi) is 3.91. The number of rotatable bonds is 4. The van der Waals surface area contributed by atoms with Gasteiger partial charge in [0.05, 0.1) is 17.6 Å². The van der Waals surface area contributed by atoms with Crippen LogP contribution >= 0.6 is 11.6 Å². The van der Waals surface area contributed by atoms with Gasteiger partial charge < -0.3 is 9.13 Å². The van der Waals surface area contributed by atoms with Gasteiger partial charge in [-0.05, 0) is 18.6 Å². The van der Waals surface area contributed by atoms with E-state index in [1.54, 1.807) is 35.3 Å². The summed E-state index contributed by atoms with van der Waals surface area (Å²) in [6, 6.07) is 12.6. The summed E-state index contributed by atoms with van der Waals surface area (Å²) in [6.45, 7) is 1.24. The molecule has 0 unspecified atom stereocenters. The fourth-order valence-corrected chi connectivity index (χ4v) is 4.17. The molecular weight excluding hydrogens is 374 g/mol. The lowest BCUT2D eigenvalue weighted by Gasteiger charge is -2.15. The molecule has 4 aromatic rings. The number of hydrogen-bond donors (Lipinski definition) is 0. The number of hydrogen-bond acceptors (Lipinski definition) is 3. The minimum atomic E-state index is -0.119. The number of imidazole rings is 1. The highest BCUT2D eigenvalue weighted by atomic mass is 35.5. The van der Waals surface area contributed by atoms with Crippen LogP contribution in [-0.2, 0) is 13.1 Å². The second-order valence-corrected chi connectivity index (χ2v) is 7.34. The molecule has 0 aliphatic heterocycles. The van der Waals surface area contributed by atoms with E-state index in [1.807, 2.05) is 35.0 Å². The molecule has 5 nitrogen and oxygen atoms in total. The van der Waals surface area contributed by atoms with Gasteiger partial charge in [0.25, 0.3) is 5.56 Å². The molecule has 0 bridgehead atoms. The molecule has 0 saturated heterocycles. The summed E-state index contributed by atoms with van der Waals surface area (Å²) < 4.78 is 3.71. The van der Waals surface area contributed by atoms with Crippen LogP contribution in [0.15, 0.2) is 66.0 Å². The number of pyridine rings is 1. The number of halogens is 1. The maximum absolute atomic E-state index is 13.3. The Morgan fingerprint density at radius 3 is 2.57 bits per heavy atom. The van der Waals surface area contributed by atoms with Crippen molar-refractivity contribution < 1.29 is 4.79 Å². The first-order valence-electron chi connectivity index (χ1n) is 9.11. The summed E-state index contributed by atoms with van der Waals surface area (Å²) in [5, 5.41) is 1.63. The van der Waals surface area contributed by atoms with Crippen LogP contribution in [0.2, 0.25) is 5.02 Å². The highest BCUT2D eigenvalue weighted by Gasteiger charge is 2.32. The zero-order valence-corrected chi connectivity index (χ0v) is 15.7. The lowest BCUT2D eigenvalue weighted by atomic mass is 10.0. The molecule has 0 saturated carbocycles. The number of aryl methyl sites for hydroxylation is 1. The van der Waals surface area contributed by atoms with Crippen LogP contribution in [0.1, 0.15) is 22.3 Å². The van der Waals surface area contributed by atoms with Gasteiger partial charge in [-0.25, -0.2) is 4.98 Å². The lowest BCUT2D eigenvalue weighted by molar-refractivity contribution is 0.104. The van der Waals surface area contributed by atoms with E-state index in [2.05, 4.69) is 4.98 Å². The highest BCUT2D eigenvalue weighted by molar-refractivity contribution is 6.32. The van der Waals surface area contributed by atoms with Crippen LogP contribution in [0.3, 0.4) is 0 Å². The quantitative estimate of drug-likeness (QED) is 0.464. The van der Waals surface area contributed by atoms with E-state index in [1.165, 1.54) is 0 Å². The molecule has 0 spiro atoms. The smallest absolute Gasteiger partial charge is 0.258 e. The third kappa shape index (κ3) is 2.51. The summed E-state index contributed by atoms with van der Waals surface area (Å²) in [5.41, 5.74) is 2.65. The number of benzene rings is 2. The summed E-state index contributed by atoms with van der Waals surface area (Å²) in [5.74, 6) is -0.0405. The van der Waals surface area contributed by atoms with Gasteiger partial charge in [-0.2, -0.15) is 0 Å². The van der Waals surface area contributed by atoms with Crippen LogP contribution in [0.4, 0.5) is 0 Å². The van der Waals surface area contributed by atoms with Crippen LogP contribution in [0, 0.1) is 0 Å². The maximum Gasteiger partial charge on any atom is 0.258 e. The average molecular weight is 390 g/mol. The third-order valence-corrected chi connectivity index (χ3v) is 5.48. The molecule has 2 aromatic carbocycles. The van der Waals surface area contributed by atoms with Crippen LogP contribution in [0.25, 0.3) is 22.0 Å². The average Bonchev–Trinajstić information content (AvgIpc) is 3.32. The molecule has 2 aromatic heterocycles. The normalized spacial score (nSPS) is 12.4. The Labute approximate surface area is 165 Å². The molecule has 0 atom stereocenters. The van der Waals surface area contributed by atoms with Gasteiger partial charge >= 0.3 is 0 Å². The van der Waals surface area contributed by atoms with Crippen molar-refractivity contribution in [1.82, 2.24) is 14.1 Å². The van der Waals surface area contributed by atoms with Gasteiger partial charge in [-0.1, -0.05) is 41.9 Å². The summed E-state index contributed by atoms with van der Waals surface area (Å²) >= 11 is 6.15. The number of carbonyl (C=O) groups excluding carboxylic acids is 1. The molecule has 0 N–H and O–H groups in total. The summed E-state index contributed by atoms with van der Waals surface area (Å²) in [7, 11) is 0. The molecule has 2 heterocycles. The minimum absolute atomic E-state index is 0.0405. The standard InChI is InChI=1S/C22H16ClN3O2/c23-14-6-7-15-18(12-14)22(28)26(10-3-9-25-11-8-24-13-25)20-16-4-1-2-5-17(16)21(27)19(15)20/h1-2,4-8,11-13H,3,9-10H2. The van der Waals surface area contributed by atoms with Crippen molar-refractivity contribution in [1.29, 1.82) is 0 Å². The Morgan fingerprint density at radius 1 is 0.964 bits per heavy atom. The van der Waals surface area contributed by atoms with E-state index in [9.17, 15) is 9.59 Å². The lowest BCUT2D eigenvalue weighted by Crippen LogP contribution is -2.24. The Hall–Kier alpha value is -3.18. The van der Waals surface area contributed by atoms with Crippen LogP contribution < -0.4 is 5.56 Å². The zero-order valence-electron chi connectivity index (χ0n) is 14.9. The SMILES string of the molecule is O=C1c2ccccc2-c2c1c1ccc(Cl)cc1c(=O)n2CCCn1ccnc1. The molecule has 28 heavy (non-hydrogen) atoms. The van der Waals surface area contributed by atoms with Crippen LogP contribution in [0.5, 0.6) is 0 Å². The van der Waals surface area contributed by atoms with Crippen molar-refractivity contribution in [3.63, 3.8) is 0 Å². The summed E-state index contributed by atoms with van der Waals surface area (Å²) in [4.78, 5) is 30.5. The number of carbonyl (C=O) groups is 1. The Balaban J connectivity index is 1.72. The first kappa shape index (κ1) is 17.0. The van der Waals surface area contributed by atoms with Gasteiger partial charge in [0.1, 0.15) is 0 Å². The highest BCUT2D eigenvalue weighted by Crippen LogP contribution is 2.39. The number of fused-ring (bicyclic) bond motifs is 5. The monoisotopic (exact) mass is 389 g/mol. The zero-order chi connectivity index (χ0) is 19.3. The minimum Gasteiger partial charge on any atom is -0.337 e. The van der Waals surface area contributed by atoms with Crippen LogP contribution in [-0.4, -0.2) is 19.9 Å². The van der Waals surface area contributed by atoms with E-state index in [-0.39, 0.29) is 11.3 Å². The second kappa shape index (κ2) is 6.46. The van der Waals surface area contributed by atoms with E-state index >= 15 is 0 Å². The number of aromatic nitrogens is 3. The van der Waals surface area contributed by atoms with E-state index < -0.39 is 0 Å². The largest absolute Gasteiger partial charge is 0.337 e. The van der Waals surface area contributed by atoms with Gasteiger partial charge in [0.15, 0.2) is 5.78 Å².